The third-order valence-corrected chi connectivity index (χ3v) is 4.64. The Morgan fingerprint density at radius 2 is 1.78 bits per heavy atom. The summed E-state index contributed by atoms with van der Waals surface area (Å²) in [6, 6.07) is 9.77. The molecule has 2 amide bonds. The predicted octanol–water partition coefficient (Wildman–Crippen LogP) is 3.01. The molecule has 0 spiro atoms. The first-order valence-electron chi connectivity index (χ1n) is 8.68. The average Bonchev–Trinajstić information content (AvgIpc) is 2.68. The number of nitrogens with zero attached hydrogens (tertiary/aromatic N) is 1. The van der Waals surface area contributed by atoms with Gasteiger partial charge in [0.15, 0.2) is 11.6 Å². The summed E-state index contributed by atoms with van der Waals surface area (Å²) in [5.74, 6) is -1.80. The molecule has 0 unspecified atom stereocenters. The summed E-state index contributed by atoms with van der Waals surface area (Å²) in [5, 5.41) is 2.85. The summed E-state index contributed by atoms with van der Waals surface area (Å²) >= 11 is 0. The molecule has 0 aromatic heterocycles. The lowest BCUT2D eigenvalue weighted by Gasteiger charge is -2.32. The van der Waals surface area contributed by atoms with Gasteiger partial charge in [-0.1, -0.05) is 12.1 Å². The van der Waals surface area contributed by atoms with E-state index in [2.05, 4.69) is 5.32 Å². The Morgan fingerprint density at radius 1 is 1.07 bits per heavy atom. The van der Waals surface area contributed by atoms with Gasteiger partial charge in [0.2, 0.25) is 0 Å². The van der Waals surface area contributed by atoms with Gasteiger partial charge < -0.3 is 15.0 Å². The monoisotopic (exact) mass is 374 g/mol. The van der Waals surface area contributed by atoms with Crippen molar-refractivity contribution in [2.24, 2.45) is 0 Å². The number of nitrogens with one attached hydrogen (secondary N) is 1. The van der Waals surface area contributed by atoms with Gasteiger partial charge in [0.25, 0.3) is 11.8 Å². The smallest absolute Gasteiger partial charge is 0.256 e. The Balaban J connectivity index is 1.56. The number of benzene rings is 2. The van der Waals surface area contributed by atoms with Crippen molar-refractivity contribution < 1.29 is 23.1 Å². The number of hydrogen-bond donors (Lipinski definition) is 1. The highest BCUT2D eigenvalue weighted by molar-refractivity contribution is 5.95. The standard InChI is InChI=1S/C20H20F2N2O3/c1-27-18-7-6-13(12-17(18)22)19(25)23-14-8-10-24(11-9-14)20(26)15-4-2-3-5-16(15)21/h2-7,12,14H,8-11H2,1H3,(H,23,25). The molecule has 1 heterocycles. The molecule has 1 N–H and O–H groups in total. The van der Waals surface area contributed by atoms with Crippen LogP contribution in [-0.2, 0) is 0 Å². The Kier molecular flexibility index (Phi) is 5.69. The van der Waals surface area contributed by atoms with Gasteiger partial charge in [-0.2, -0.15) is 0 Å². The lowest BCUT2D eigenvalue weighted by Crippen LogP contribution is -2.46. The summed E-state index contributed by atoms with van der Waals surface area (Å²) in [5.41, 5.74) is 0.256. The Labute approximate surface area is 155 Å². The second-order valence-electron chi connectivity index (χ2n) is 6.37. The summed E-state index contributed by atoms with van der Waals surface area (Å²) in [7, 11) is 1.36. The summed E-state index contributed by atoms with van der Waals surface area (Å²) in [4.78, 5) is 26.3. The number of ether oxygens (including phenoxy) is 1. The number of amides is 2. The highest BCUT2D eigenvalue weighted by Gasteiger charge is 2.26. The number of hydrogen-bond acceptors (Lipinski definition) is 3. The van der Waals surface area contributed by atoms with E-state index in [1.807, 2.05) is 0 Å². The van der Waals surface area contributed by atoms with Crippen LogP contribution in [0.3, 0.4) is 0 Å². The number of likely N-dealkylation sites (tertiary alicyclic amines) is 1. The van der Waals surface area contributed by atoms with E-state index in [0.29, 0.717) is 25.9 Å². The minimum atomic E-state index is -0.601. The number of methoxy groups -OCH3 is 1. The second kappa shape index (κ2) is 8.16. The molecule has 1 aliphatic rings. The fraction of sp³-hybridized carbons (Fsp3) is 0.300. The van der Waals surface area contributed by atoms with Gasteiger partial charge in [-0.3, -0.25) is 9.59 Å². The number of carbonyl (C=O) groups is 2. The van der Waals surface area contributed by atoms with Gasteiger partial charge in [0.05, 0.1) is 12.7 Å². The maximum Gasteiger partial charge on any atom is 0.256 e. The van der Waals surface area contributed by atoms with Crippen LogP contribution < -0.4 is 10.1 Å². The van der Waals surface area contributed by atoms with Crippen molar-refractivity contribution in [3.63, 3.8) is 0 Å². The van der Waals surface area contributed by atoms with Crippen LogP contribution in [0.25, 0.3) is 0 Å². The second-order valence-corrected chi connectivity index (χ2v) is 6.37. The van der Waals surface area contributed by atoms with E-state index >= 15 is 0 Å². The highest BCUT2D eigenvalue weighted by atomic mass is 19.1. The van der Waals surface area contributed by atoms with Crippen LogP contribution in [0.4, 0.5) is 8.78 Å². The van der Waals surface area contributed by atoms with Gasteiger partial charge in [-0.15, -0.1) is 0 Å². The molecule has 2 aromatic carbocycles. The van der Waals surface area contributed by atoms with E-state index < -0.39 is 11.6 Å². The van der Waals surface area contributed by atoms with Crippen LogP contribution in [0.2, 0.25) is 0 Å². The molecule has 142 valence electrons. The molecule has 0 radical (unpaired) electrons. The van der Waals surface area contributed by atoms with Crippen LogP contribution in [0.15, 0.2) is 42.5 Å². The first-order chi connectivity index (χ1) is 13.0. The van der Waals surface area contributed by atoms with Gasteiger partial charge in [0, 0.05) is 24.7 Å². The van der Waals surface area contributed by atoms with Crippen molar-refractivity contribution in [2.75, 3.05) is 20.2 Å². The molecule has 2 aromatic rings. The van der Waals surface area contributed by atoms with Crippen molar-refractivity contribution in [2.45, 2.75) is 18.9 Å². The maximum atomic E-state index is 13.8. The fourth-order valence-corrected chi connectivity index (χ4v) is 3.11. The number of piperidine rings is 1. The third-order valence-electron chi connectivity index (χ3n) is 4.64. The molecule has 7 heteroatoms. The number of carbonyl (C=O) groups excluding carboxylic acids is 2. The molecule has 0 atom stereocenters. The topological polar surface area (TPSA) is 58.6 Å². The Morgan fingerprint density at radius 3 is 2.41 bits per heavy atom. The normalized spacial score (nSPS) is 14.7. The van der Waals surface area contributed by atoms with Crippen LogP contribution in [-0.4, -0.2) is 43.0 Å². The van der Waals surface area contributed by atoms with Crippen molar-refractivity contribution in [3.05, 3.63) is 65.2 Å². The predicted molar refractivity (Wildman–Crippen MR) is 95.7 cm³/mol. The Bertz CT molecular complexity index is 849. The number of rotatable bonds is 4. The molecular formula is C20H20F2N2O3. The fourth-order valence-electron chi connectivity index (χ4n) is 3.11. The van der Waals surface area contributed by atoms with E-state index in [1.54, 1.807) is 11.0 Å². The van der Waals surface area contributed by atoms with Gasteiger partial charge in [-0.25, -0.2) is 8.78 Å². The van der Waals surface area contributed by atoms with Gasteiger partial charge >= 0.3 is 0 Å². The molecule has 27 heavy (non-hydrogen) atoms. The van der Waals surface area contributed by atoms with Crippen molar-refractivity contribution in [1.82, 2.24) is 10.2 Å². The first-order valence-corrected chi connectivity index (χ1v) is 8.68. The average molecular weight is 374 g/mol. The van der Waals surface area contributed by atoms with Crippen LogP contribution in [0.1, 0.15) is 33.6 Å². The van der Waals surface area contributed by atoms with E-state index in [0.717, 1.165) is 6.07 Å². The van der Waals surface area contributed by atoms with E-state index in [4.69, 9.17) is 4.74 Å². The lowest BCUT2D eigenvalue weighted by molar-refractivity contribution is 0.0693. The number of halogens is 2. The quantitative estimate of drug-likeness (QED) is 0.895. The van der Waals surface area contributed by atoms with Crippen LogP contribution in [0.5, 0.6) is 5.75 Å². The molecule has 0 saturated carbocycles. The summed E-state index contributed by atoms with van der Waals surface area (Å²) in [6.45, 7) is 0.824. The van der Waals surface area contributed by atoms with Crippen molar-refractivity contribution in [3.8, 4) is 5.75 Å². The lowest BCUT2D eigenvalue weighted by atomic mass is 10.0. The van der Waals surface area contributed by atoms with E-state index in [-0.39, 0.29) is 34.7 Å². The van der Waals surface area contributed by atoms with Gasteiger partial charge in [-0.05, 0) is 43.2 Å². The van der Waals surface area contributed by atoms with Crippen molar-refractivity contribution >= 4 is 11.8 Å². The molecule has 1 aliphatic heterocycles. The molecule has 5 nitrogen and oxygen atoms in total. The summed E-state index contributed by atoms with van der Waals surface area (Å²) in [6.07, 6.45) is 1.09. The van der Waals surface area contributed by atoms with E-state index in [1.165, 1.54) is 37.4 Å². The molecule has 1 fully saturated rings. The zero-order chi connectivity index (χ0) is 19.4. The minimum absolute atomic E-state index is 0.0497. The summed E-state index contributed by atoms with van der Waals surface area (Å²) < 4.78 is 32.4. The zero-order valence-electron chi connectivity index (χ0n) is 14.9. The SMILES string of the molecule is COc1ccc(C(=O)NC2CCN(C(=O)c3ccccc3F)CC2)cc1F. The third kappa shape index (κ3) is 4.24. The maximum absolute atomic E-state index is 13.8. The highest BCUT2D eigenvalue weighted by Crippen LogP contribution is 2.19. The molecule has 3 rings (SSSR count). The van der Waals surface area contributed by atoms with Crippen LogP contribution >= 0.6 is 0 Å². The largest absolute Gasteiger partial charge is 0.494 e. The molecular weight excluding hydrogens is 354 g/mol. The van der Waals surface area contributed by atoms with Crippen molar-refractivity contribution in [1.29, 1.82) is 0 Å². The minimum Gasteiger partial charge on any atom is -0.494 e. The van der Waals surface area contributed by atoms with Crippen LogP contribution in [0, 0.1) is 11.6 Å². The zero-order valence-corrected chi connectivity index (χ0v) is 14.9. The molecule has 1 saturated heterocycles. The van der Waals surface area contributed by atoms with Gasteiger partial charge in [0.1, 0.15) is 5.82 Å². The molecule has 0 bridgehead atoms. The Hall–Kier alpha value is -2.96. The van der Waals surface area contributed by atoms with E-state index in [9.17, 15) is 18.4 Å². The molecule has 0 aliphatic carbocycles. The first kappa shape index (κ1) is 18.8.